The summed E-state index contributed by atoms with van der Waals surface area (Å²) in [6.07, 6.45) is 0. The fourth-order valence-corrected chi connectivity index (χ4v) is 14.1. The monoisotopic (exact) mass is 1080 g/mol. The summed E-state index contributed by atoms with van der Waals surface area (Å²) in [5.41, 5.74) is 35.9. The van der Waals surface area contributed by atoms with Crippen molar-refractivity contribution in [2.45, 2.75) is 79.1 Å². The van der Waals surface area contributed by atoms with E-state index in [1.165, 1.54) is 156 Å². The van der Waals surface area contributed by atoms with Gasteiger partial charge in [0, 0.05) is 23.7 Å². The minimum atomic E-state index is -0.0729. The van der Waals surface area contributed by atoms with Gasteiger partial charge in [0.15, 0.2) is 0 Å². The molecule has 0 radical (unpaired) electrons. The summed E-state index contributed by atoms with van der Waals surface area (Å²) in [6, 6.07) is 102. The van der Waals surface area contributed by atoms with Crippen LogP contribution in [0.3, 0.4) is 0 Å². The normalized spacial score (nSPS) is 15.6. The fraction of sp³-hybridized carbons (Fsp3) is 0.143. The number of rotatable bonds is 8. The lowest BCUT2D eigenvalue weighted by molar-refractivity contribution is 0.873. The van der Waals surface area contributed by atoms with E-state index in [2.05, 4.69) is 322 Å². The Bertz CT molecular complexity index is 3650. The average molecular weight is 1080 g/mol. The Labute approximate surface area is 498 Å². The summed E-state index contributed by atoms with van der Waals surface area (Å²) >= 11 is 0. The standard InChI is InChI=1S/C84H72/c1-53-45-54(2)74-49-73(53)81(69-37-29-65(30-38-69)61-21-13-9-14-22-61)75-50-76(56(4)46-55(75)3)83(71-41-33-67(34-42-71)63-25-17-11-18-26-63)79-52-80(60(8)48-59(79)7)84(72-43-35-68(36-44-72)64-27-19-12-20-28-64)78-51-77(57(5)47-58(78)6)82(74)70-39-31-66(32-40-70)62-23-15-10-16-24-62/h9-52,81-84H,1-8H3. The third kappa shape index (κ3) is 10.3. The Kier molecular flexibility index (Phi) is 14.6. The number of fused-ring (bicyclic) bond motifs is 8. The molecular weight excluding hydrogens is 1010 g/mol. The molecule has 0 atom stereocenters. The van der Waals surface area contributed by atoms with Crippen LogP contribution in [-0.4, -0.2) is 0 Å². The second-order valence-corrected chi connectivity index (χ2v) is 23.9. The molecule has 0 fully saturated rings. The second-order valence-electron chi connectivity index (χ2n) is 23.9. The molecule has 0 unspecified atom stereocenters. The molecule has 0 saturated heterocycles. The van der Waals surface area contributed by atoms with Crippen molar-refractivity contribution >= 4 is 0 Å². The van der Waals surface area contributed by atoms with Gasteiger partial charge < -0.3 is 0 Å². The zero-order chi connectivity index (χ0) is 57.6. The van der Waals surface area contributed by atoms with Crippen LogP contribution in [0.15, 0.2) is 267 Å². The van der Waals surface area contributed by atoms with Crippen LogP contribution < -0.4 is 0 Å². The van der Waals surface area contributed by atoms with E-state index >= 15 is 0 Å². The Morgan fingerprint density at radius 3 is 0.452 bits per heavy atom. The van der Waals surface area contributed by atoms with Gasteiger partial charge in [-0.2, -0.15) is 0 Å². The summed E-state index contributed by atoms with van der Waals surface area (Å²) in [6.45, 7) is 18.8. The third-order valence-electron chi connectivity index (χ3n) is 18.5. The molecule has 0 amide bonds. The maximum absolute atomic E-state index is 2.62. The summed E-state index contributed by atoms with van der Waals surface area (Å²) in [4.78, 5) is 0. The Morgan fingerprint density at radius 2 is 0.298 bits per heavy atom. The highest BCUT2D eigenvalue weighted by Gasteiger charge is 2.32. The molecular formula is C84H72. The van der Waals surface area contributed by atoms with E-state index in [-0.39, 0.29) is 23.7 Å². The number of aryl methyl sites for hydroxylation is 8. The van der Waals surface area contributed by atoms with Crippen LogP contribution in [0, 0.1) is 55.4 Å². The van der Waals surface area contributed by atoms with Crippen molar-refractivity contribution in [1.29, 1.82) is 0 Å². The molecule has 8 bridgehead atoms. The quantitative estimate of drug-likeness (QED) is 0.142. The first kappa shape index (κ1) is 53.9. The van der Waals surface area contributed by atoms with Crippen molar-refractivity contribution in [1.82, 2.24) is 0 Å². The van der Waals surface area contributed by atoms with E-state index in [4.69, 9.17) is 0 Å². The van der Waals surface area contributed by atoms with Gasteiger partial charge in [-0.3, -0.25) is 0 Å². The number of benzene rings is 12. The summed E-state index contributed by atoms with van der Waals surface area (Å²) in [7, 11) is 0. The molecule has 0 aromatic heterocycles. The predicted molar refractivity (Wildman–Crippen MR) is 355 cm³/mol. The minimum Gasteiger partial charge on any atom is -0.0622 e. The molecule has 0 aliphatic heterocycles. The van der Waals surface area contributed by atoms with Crippen LogP contribution >= 0.6 is 0 Å². The van der Waals surface area contributed by atoms with Gasteiger partial charge in [0.05, 0.1) is 0 Å². The van der Waals surface area contributed by atoms with Gasteiger partial charge in [-0.25, -0.2) is 0 Å². The Morgan fingerprint density at radius 1 is 0.155 bits per heavy atom. The van der Waals surface area contributed by atoms with Crippen LogP contribution in [0.5, 0.6) is 0 Å². The lowest BCUT2D eigenvalue weighted by Crippen LogP contribution is -2.16. The molecule has 0 nitrogen and oxygen atoms in total. The van der Waals surface area contributed by atoms with Crippen LogP contribution in [-0.2, 0) is 0 Å². The number of hydrogen-bond acceptors (Lipinski definition) is 0. The van der Waals surface area contributed by atoms with Crippen LogP contribution in [0.2, 0.25) is 0 Å². The van der Waals surface area contributed by atoms with Crippen molar-refractivity contribution in [3.63, 3.8) is 0 Å². The van der Waals surface area contributed by atoms with E-state index in [1.807, 2.05) is 0 Å². The van der Waals surface area contributed by atoms with Crippen molar-refractivity contribution in [3.8, 4) is 44.5 Å². The highest BCUT2D eigenvalue weighted by molar-refractivity contribution is 5.70. The molecule has 0 N–H and O–H groups in total. The molecule has 13 rings (SSSR count). The van der Waals surface area contributed by atoms with E-state index in [1.54, 1.807) is 0 Å². The van der Waals surface area contributed by atoms with Gasteiger partial charge in [0.1, 0.15) is 0 Å². The first-order valence-electron chi connectivity index (χ1n) is 30.0. The Balaban J connectivity index is 1.12. The van der Waals surface area contributed by atoms with E-state index in [9.17, 15) is 0 Å². The van der Waals surface area contributed by atoms with Crippen molar-refractivity contribution in [2.24, 2.45) is 0 Å². The smallest absolute Gasteiger partial charge is 0.0345 e. The first-order chi connectivity index (χ1) is 40.9. The topological polar surface area (TPSA) is 0 Å². The van der Waals surface area contributed by atoms with Gasteiger partial charge in [0.2, 0.25) is 0 Å². The molecule has 0 spiro atoms. The minimum absolute atomic E-state index is 0.0729. The second kappa shape index (κ2) is 22.8. The lowest BCUT2D eigenvalue weighted by Gasteiger charge is -2.32. The summed E-state index contributed by atoms with van der Waals surface area (Å²) in [5, 5.41) is 0. The highest BCUT2D eigenvalue weighted by Crippen LogP contribution is 2.48. The summed E-state index contributed by atoms with van der Waals surface area (Å²) < 4.78 is 0. The van der Waals surface area contributed by atoms with E-state index < -0.39 is 0 Å². The van der Waals surface area contributed by atoms with Crippen LogP contribution in [0.1, 0.15) is 135 Å². The zero-order valence-electron chi connectivity index (χ0n) is 49.7. The fourth-order valence-electron chi connectivity index (χ4n) is 14.1. The summed E-state index contributed by atoms with van der Waals surface area (Å²) in [5.74, 6) is -0.292. The molecule has 1 aliphatic carbocycles. The van der Waals surface area contributed by atoms with Crippen molar-refractivity contribution < 1.29 is 0 Å². The molecule has 12 aromatic rings. The molecule has 1 aliphatic rings. The SMILES string of the molecule is Cc1cc(C)c2cc1C(c1ccc(-c3ccccc3)cc1)c1cc(c(C)cc1C)C(c1ccc(-c3ccccc3)cc1)c1cc(c(C)cc1C)C(c1ccc(-c3ccccc3)cc1)c1cc(c(C)cc1C)C2c1ccc(-c2ccccc2)cc1. The molecule has 0 heterocycles. The molecule has 0 saturated carbocycles. The highest BCUT2D eigenvalue weighted by atomic mass is 14.4. The van der Waals surface area contributed by atoms with Crippen molar-refractivity contribution in [3.05, 3.63) is 378 Å². The van der Waals surface area contributed by atoms with Crippen LogP contribution in [0.25, 0.3) is 44.5 Å². The first-order valence-corrected chi connectivity index (χ1v) is 30.0. The third-order valence-corrected chi connectivity index (χ3v) is 18.5. The molecule has 408 valence electrons. The largest absolute Gasteiger partial charge is 0.0622 e. The lowest BCUT2D eigenvalue weighted by atomic mass is 9.71. The number of hydrogen-bond donors (Lipinski definition) is 0. The van der Waals surface area contributed by atoms with Gasteiger partial charge in [-0.15, -0.1) is 0 Å². The molecule has 0 heteroatoms. The van der Waals surface area contributed by atoms with Gasteiger partial charge in [-0.1, -0.05) is 267 Å². The van der Waals surface area contributed by atoms with E-state index in [0.29, 0.717) is 0 Å². The van der Waals surface area contributed by atoms with Gasteiger partial charge in [0.25, 0.3) is 0 Å². The van der Waals surface area contributed by atoms with E-state index in [0.717, 1.165) is 0 Å². The van der Waals surface area contributed by atoms with Gasteiger partial charge in [-0.05, 0) is 211 Å². The average Bonchev–Trinajstić information content (AvgIpc) is 2.11. The van der Waals surface area contributed by atoms with Gasteiger partial charge >= 0.3 is 0 Å². The van der Waals surface area contributed by atoms with Crippen molar-refractivity contribution in [2.75, 3.05) is 0 Å². The molecule has 12 aromatic carbocycles. The predicted octanol–water partition coefficient (Wildman–Crippen LogP) is 21.9. The molecule has 84 heavy (non-hydrogen) atoms. The Hall–Kier alpha value is -9.36. The maximum atomic E-state index is 2.62. The maximum Gasteiger partial charge on any atom is 0.0345 e. The zero-order valence-corrected chi connectivity index (χ0v) is 49.7. The van der Waals surface area contributed by atoms with Crippen LogP contribution in [0.4, 0.5) is 0 Å².